The Morgan fingerprint density at radius 1 is 0.932 bits per heavy atom. The lowest BCUT2D eigenvalue weighted by Gasteiger charge is -2.33. The van der Waals surface area contributed by atoms with Gasteiger partial charge in [0.1, 0.15) is 12.6 Å². The molecule has 0 bridgehead atoms. The summed E-state index contributed by atoms with van der Waals surface area (Å²) in [6.07, 6.45) is -4.31. The van der Waals surface area contributed by atoms with Crippen LogP contribution in [0.5, 0.6) is 0 Å². The van der Waals surface area contributed by atoms with Crippen molar-refractivity contribution in [2.75, 3.05) is 10.8 Å². The molecule has 7 nitrogen and oxygen atoms in total. The van der Waals surface area contributed by atoms with Crippen LogP contribution in [0.3, 0.4) is 0 Å². The van der Waals surface area contributed by atoms with E-state index < -0.39 is 56.9 Å². The van der Waals surface area contributed by atoms with E-state index in [1.54, 1.807) is 19.9 Å². The molecule has 0 spiro atoms. The van der Waals surface area contributed by atoms with Crippen LogP contribution < -0.4 is 9.62 Å². The Labute approximate surface area is 269 Å². The summed E-state index contributed by atoms with van der Waals surface area (Å²) in [7, 11) is -4.61. The van der Waals surface area contributed by atoms with E-state index in [-0.39, 0.29) is 27.5 Å². The van der Waals surface area contributed by atoms with Crippen molar-refractivity contribution in [2.45, 2.75) is 63.8 Å². The number of nitrogens with zero attached hydrogens (tertiary/aromatic N) is 2. The highest BCUT2D eigenvalue weighted by molar-refractivity contribution is 7.92. The molecule has 0 unspecified atom stereocenters. The first-order valence-electron chi connectivity index (χ1n) is 13.5. The summed E-state index contributed by atoms with van der Waals surface area (Å²) in [4.78, 5) is 28.0. The minimum Gasteiger partial charge on any atom is -0.352 e. The number of aryl methyl sites for hydroxylation is 1. The van der Waals surface area contributed by atoms with Crippen molar-refractivity contribution in [3.05, 3.63) is 92.4 Å². The number of sulfonamides is 1. The molecule has 0 radical (unpaired) electrons. The number of carbonyl (C=O) groups is 2. The molecule has 2 atom stereocenters. The van der Waals surface area contributed by atoms with Gasteiger partial charge in [-0.1, -0.05) is 65.5 Å². The minimum absolute atomic E-state index is 0.196. The third-order valence-corrected chi connectivity index (χ3v) is 9.82. The minimum atomic E-state index is -4.91. The maximum absolute atomic E-state index is 14.0. The number of alkyl halides is 3. The van der Waals surface area contributed by atoms with Gasteiger partial charge in [0.25, 0.3) is 10.0 Å². The SMILES string of the molecule is CC[C@H](C)NC(=O)[C@@H](C)N(Cc1c(Cl)cccc1Cl)C(=O)CN(c1ccc(Cl)c(C(F)(F)F)c1)S(=O)(=O)c1ccc(C)cc1. The van der Waals surface area contributed by atoms with E-state index >= 15 is 0 Å². The maximum Gasteiger partial charge on any atom is 0.417 e. The van der Waals surface area contributed by atoms with Crippen molar-refractivity contribution < 1.29 is 31.2 Å². The highest BCUT2D eigenvalue weighted by Gasteiger charge is 2.37. The van der Waals surface area contributed by atoms with Crippen LogP contribution in [0, 0.1) is 6.92 Å². The van der Waals surface area contributed by atoms with Gasteiger partial charge in [-0.2, -0.15) is 13.2 Å². The van der Waals surface area contributed by atoms with Crippen LogP contribution in [0.1, 0.15) is 43.9 Å². The summed E-state index contributed by atoms with van der Waals surface area (Å²) in [6.45, 7) is 5.56. The van der Waals surface area contributed by atoms with Gasteiger partial charge in [-0.3, -0.25) is 13.9 Å². The van der Waals surface area contributed by atoms with Gasteiger partial charge in [-0.25, -0.2) is 8.42 Å². The third-order valence-electron chi connectivity index (χ3n) is 6.99. The third kappa shape index (κ3) is 8.38. The van der Waals surface area contributed by atoms with Gasteiger partial charge in [0.05, 0.1) is 21.2 Å². The maximum atomic E-state index is 14.0. The predicted molar refractivity (Wildman–Crippen MR) is 167 cm³/mol. The van der Waals surface area contributed by atoms with Crippen LogP contribution in [-0.4, -0.2) is 43.8 Å². The molecule has 1 N–H and O–H groups in total. The normalized spacial score (nSPS) is 13.2. The second-order valence-corrected chi connectivity index (χ2v) is 13.3. The van der Waals surface area contributed by atoms with E-state index in [4.69, 9.17) is 34.8 Å². The topological polar surface area (TPSA) is 86.8 Å². The number of nitrogens with one attached hydrogen (secondary N) is 1. The lowest BCUT2D eigenvalue weighted by atomic mass is 10.1. The Kier molecular flexibility index (Phi) is 11.6. The molecule has 0 aromatic heterocycles. The van der Waals surface area contributed by atoms with E-state index in [1.165, 1.54) is 43.3 Å². The van der Waals surface area contributed by atoms with Crippen molar-refractivity contribution in [1.82, 2.24) is 10.2 Å². The van der Waals surface area contributed by atoms with E-state index in [1.807, 2.05) is 6.92 Å². The first-order valence-corrected chi connectivity index (χ1v) is 16.0. The molecule has 0 aliphatic carbocycles. The quantitative estimate of drug-likeness (QED) is 0.226. The van der Waals surface area contributed by atoms with E-state index in [0.717, 1.165) is 22.6 Å². The Bertz CT molecular complexity index is 1600. The standard InChI is InChI=1S/C30H31Cl3F3N3O4S/c1-5-19(3)37-29(41)20(4)38(16-23-25(31)7-6-8-26(23)32)28(40)17-39(44(42,43)22-12-9-18(2)10-13-22)21-11-14-27(33)24(15-21)30(34,35)36/h6-15,19-20H,5,16-17H2,1-4H3,(H,37,41)/t19-,20+/m0/s1. The smallest absolute Gasteiger partial charge is 0.352 e. The molecule has 238 valence electrons. The largest absolute Gasteiger partial charge is 0.417 e. The van der Waals surface area contributed by atoms with Crippen molar-refractivity contribution in [3.63, 3.8) is 0 Å². The molecular weight excluding hydrogens is 662 g/mol. The van der Waals surface area contributed by atoms with Gasteiger partial charge in [-0.05, 0) is 69.7 Å². The van der Waals surface area contributed by atoms with Gasteiger partial charge in [0.2, 0.25) is 11.8 Å². The first-order chi connectivity index (χ1) is 20.5. The Balaban J connectivity index is 2.16. The molecule has 3 aromatic carbocycles. The van der Waals surface area contributed by atoms with Crippen molar-refractivity contribution in [1.29, 1.82) is 0 Å². The van der Waals surface area contributed by atoms with Crippen LogP contribution in [0.25, 0.3) is 0 Å². The number of amides is 2. The first kappa shape index (κ1) is 35.5. The molecule has 0 aliphatic heterocycles. The summed E-state index contributed by atoms with van der Waals surface area (Å²) in [6, 6.07) is 11.4. The zero-order valence-electron chi connectivity index (χ0n) is 24.3. The fourth-order valence-electron chi connectivity index (χ4n) is 4.15. The summed E-state index contributed by atoms with van der Waals surface area (Å²) < 4.78 is 69.8. The van der Waals surface area contributed by atoms with Crippen LogP contribution >= 0.6 is 34.8 Å². The van der Waals surface area contributed by atoms with Crippen LogP contribution in [0.2, 0.25) is 15.1 Å². The average molecular weight is 693 g/mol. The summed E-state index contributed by atoms with van der Waals surface area (Å²) in [5.74, 6) is -1.43. The average Bonchev–Trinajstić information content (AvgIpc) is 2.95. The Morgan fingerprint density at radius 3 is 2.07 bits per heavy atom. The molecule has 0 fully saturated rings. The predicted octanol–water partition coefficient (Wildman–Crippen LogP) is 7.50. The number of halogens is 6. The molecule has 44 heavy (non-hydrogen) atoms. The van der Waals surface area contributed by atoms with Crippen LogP contribution in [-0.2, 0) is 32.3 Å². The molecule has 0 heterocycles. The van der Waals surface area contributed by atoms with Crippen molar-refractivity contribution >= 4 is 62.3 Å². The summed E-state index contributed by atoms with van der Waals surface area (Å²) >= 11 is 18.5. The monoisotopic (exact) mass is 691 g/mol. The molecule has 3 rings (SSSR count). The number of carbonyl (C=O) groups excluding carboxylic acids is 2. The van der Waals surface area contributed by atoms with E-state index in [9.17, 15) is 31.2 Å². The summed E-state index contributed by atoms with van der Waals surface area (Å²) in [5, 5.41) is 2.53. The molecular formula is C30H31Cl3F3N3O4S. The highest BCUT2D eigenvalue weighted by Crippen LogP contribution is 2.38. The number of hydrogen-bond donors (Lipinski definition) is 1. The number of hydrogen-bond acceptors (Lipinski definition) is 4. The number of benzene rings is 3. The molecule has 3 aromatic rings. The fourth-order valence-corrected chi connectivity index (χ4v) is 6.30. The lowest BCUT2D eigenvalue weighted by molar-refractivity contribution is -0.139. The molecule has 0 saturated heterocycles. The zero-order valence-corrected chi connectivity index (χ0v) is 27.3. The molecule has 2 amide bonds. The Morgan fingerprint density at radius 2 is 1.52 bits per heavy atom. The number of rotatable bonds is 11. The van der Waals surface area contributed by atoms with Gasteiger partial charge >= 0.3 is 6.18 Å². The van der Waals surface area contributed by atoms with Crippen LogP contribution in [0.15, 0.2) is 65.6 Å². The second-order valence-electron chi connectivity index (χ2n) is 10.2. The highest BCUT2D eigenvalue weighted by atomic mass is 35.5. The van der Waals surface area contributed by atoms with Gasteiger partial charge in [0.15, 0.2) is 0 Å². The van der Waals surface area contributed by atoms with E-state index in [2.05, 4.69) is 5.32 Å². The Hall–Kier alpha value is -2.99. The molecule has 14 heteroatoms. The van der Waals surface area contributed by atoms with E-state index in [0.29, 0.717) is 22.4 Å². The lowest BCUT2D eigenvalue weighted by Crippen LogP contribution is -2.52. The zero-order chi connectivity index (χ0) is 33.0. The molecule has 0 saturated carbocycles. The fraction of sp³-hybridized carbons (Fsp3) is 0.333. The van der Waals surface area contributed by atoms with Crippen LogP contribution in [0.4, 0.5) is 18.9 Å². The van der Waals surface area contributed by atoms with Gasteiger partial charge in [-0.15, -0.1) is 0 Å². The molecule has 0 aliphatic rings. The summed E-state index contributed by atoms with van der Waals surface area (Å²) in [5.41, 5.74) is -0.704. The van der Waals surface area contributed by atoms with Gasteiger partial charge < -0.3 is 10.2 Å². The second kappa shape index (κ2) is 14.4. The van der Waals surface area contributed by atoms with Crippen molar-refractivity contribution in [2.24, 2.45) is 0 Å². The van der Waals surface area contributed by atoms with Gasteiger partial charge in [0, 0.05) is 28.2 Å². The van der Waals surface area contributed by atoms with Crippen molar-refractivity contribution in [3.8, 4) is 0 Å². The number of anilines is 1.